The van der Waals surface area contributed by atoms with E-state index in [1.54, 1.807) is 7.11 Å². The molecule has 146 valence electrons. The van der Waals surface area contributed by atoms with Crippen LogP contribution in [-0.2, 0) is 18.3 Å². The Kier molecular flexibility index (Phi) is 5.79. The Labute approximate surface area is 162 Å². The first-order valence-electron chi connectivity index (χ1n) is 10.2. The van der Waals surface area contributed by atoms with Crippen molar-refractivity contribution in [3.05, 3.63) is 47.3 Å². The van der Waals surface area contributed by atoms with E-state index in [2.05, 4.69) is 23.2 Å². The SMILES string of the molecule is COc1cccc(C2CN(Cc3cn(C)nc3C3CCCCC3)CCO2)c1. The average molecular weight is 370 g/mol. The topological polar surface area (TPSA) is 39.5 Å². The highest BCUT2D eigenvalue weighted by Crippen LogP contribution is 2.34. The lowest BCUT2D eigenvalue weighted by molar-refractivity contribution is -0.0331. The molecule has 0 bridgehead atoms. The Morgan fingerprint density at radius 3 is 2.89 bits per heavy atom. The minimum Gasteiger partial charge on any atom is -0.497 e. The van der Waals surface area contributed by atoms with E-state index < -0.39 is 0 Å². The number of rotatable bonds is 5. The fraction of sp³-hybridized carbons (Fsp3) is 0.591. The molecule has 27 heavy (non-hydrogen) atoms. The Hall–Kier alpha value is -1.85. The first-order valence-corrected chi connectivity index (χ1v) is 10.2. The van der Waals surface area contributed by atoms with Crippen LogP contribution in [0.5, 0.6) is 5.75 Å². The third kappa shape index (κ3) is 4.36. The smallest absolute Gasteiger partial charge is 0.119 e. The molecule has 2 heterocycles. The summed E-state index contributed by atoms with van der Waals surface area (Å²) >= 11 is 0. The van der Waals surface area contributed by atoms with Crippen molar-refractivity contribution < 1.29 is 9.47 Å². The number of methoxy groups -OCH3 is 1. The van der Waals surface area contributed by atoms with Gasteiger partial charge in [-0.3, -0.25) is 9.58 Å². The predicted molar refractivity (Wildman–Crippen MR) is 106 cm³/mol. The molecule has 5 heteroatoms. The summed E-state index contributed by atoms with van der Waals surface area (Å²) in [6, 6.07) is 8.24. The number of hydrogen-bond acceptors (Lipinski definition) is 4. The van der Waals surface area contributed by atoms with Gasteiger partial charge in [-0.2, -0.15) is 5.10 Å². The first kappa shape index (κ1) is 18.5. The van der Waals surface area contributed by atoms with Gasteiger partial charge >= 0.3 is 0 Å². The van der Waals surface area contributed by atoms with E-state index in [0.29, 0.717) is 5.92 Å². The van der Waals surface area contributed by atoms with E-state index in [9.17, 15) is 0 Å². The third-order valence-corrected chi connectivity index (χ3v) is 5.94. The average Bonchev–Trinajstić information content (AvgIpc) is 3.09. The number of nitrogens with zero attached hydrogens (tertiary/aromatic N) is 3. The zero-order valence-corrected chi connectivity index (χ0v) is 16.6. The maximum absolute atomic E-state index is 6.07. The quantitative estimate of drug-likeness (QED) is 0.797. The highest BCUT2D eigenvalue weighted by molar-refractivity contribution is 5.30. The summed E-state index contributed by atoms with van der Waals surface area (Å²) in [5.74, 6) is 1.53. The van der Waals surface area contributed by atoms with Crippen LogP contribution in [0.25, 0.3) is 0 Å². The van der Waals surface area contributed by atoms with Crippen molar-refractivity contribution in [2.24, 2.45) is 7.05 Å². The molecule has 5 nitrogen and oxygen atoms in total. The van der Waals surface area contributed by atoms with E-state index in [0.717, 1.165) is 32.0 Å². The van der Waals surface area contributed by atoms with Gasteiger partial charge < -0.3 is 9.47 Å². The van der Waals surface area contributed by atoms with Gasteiger partial charge in [0.1, 0.15) is 5.75 Å². The number of aromatic nitrogens is 2. The molecule has 0 spiro atoms. The zero-order valence-electron chi connectivity index (χ0n) is 16.6. The Morgan fingerprint density at radius 1 is 1.22 bits per heavy atom. The molecule has 2 fully saturated rings. The summed E-state index contributed by atoms with van der Waals surface area (Å²) in [7, 11) is 3.76. The Bertz CT molecular complexity index is 752. The van der Waals surface area contributed by atoms with Crippen LogP contribution in [0.1, 0.15) is 60.9 Å². The molecule has 1 aromatic heterocycles. The highest BCUT2D eigenvalue weighted by Gasteiger charge is 2.26. The van der Waals surface area contributed by atoms with Crippen LogP contribution in [0.3, 0.4) is 0 Å². The lowest BCUT2D eigenvalue weighted by Gasteiger charge is -2.33. The van der Waals surface area contributed by atoms with Crippen molar-refractivity contribution in [2.45, 2.75) is 50.7 Å². The fourth-order valence-electron chi connectivity index (χ4n) is 4.53. The van der Waals surface area contributed by atoms with E-state index in [1.807, 2.05) is 23.9 Å². The van der Waals surface area contributed by atoms with Crippen LogP contribution in [0.15, 0.2) is 30.5 Å². The third-order valence-electron chi connectivity index (χ3n) is 5.94. The number of aryl methyl sites for hydroxylation is 1. The van der Waals surface area contributed by atoms with Gasteiger partial charge in [0.05, 0.1) is 25.5 Å². The summed E-state index contributed by atoms with van der Waals surface area (Å²) in [5, 5.41) is 4.84. The van der Waals surface area contributed by atoms with Gasteiger partial charge in [0.25, 0.3) is 0 Å². The van der Waals surface area contributed by atoms with Gasteiger partial charge in [0, 0.05) is 44.4 Å². The van der Waals surface area contributed by atoms with Crippen molar-refractivity contribution in [3.8, 4) is 5.75 Å². The summed E-state index contributed by atoms with van der Waals surface area (Å²) in [6.07, 6.45) is 8.97. The van der Waals surface area contributed by atoms with Gasteiger partial charge in [0.15, 0.2) is 0 Å². The van der Waals surface area contributed by atoms with E-state index in [1.165, 1.54) is 48.9 Å². The van der Waals surface area contributed by atoms with Crippen LogP contribution < -0.4 is 4.74 Å². The van der Waals surface area contributed by atoms with Crippen LogP contribution in [0.4, 0.5) is 0 Å². The van der Waals surface area contributed by atoms with Crippen molar-refractivity contribution >= 4 is 0 Å². The molecule has 1 aromatic carbocycles. The number of benzene rings is 1. The molecule has 1 saturated heterocycles. The molecule has 0 N–H and O–H groups in total. The normalized spacial score (nSPS) is 22.1. The van der Waals surface area contributed by atoms with Crippen molar-refractivity contribution in [1.82, 2.24) is 14.7 Å². The van der Waals surface area contributed by atoms with Crippen LogP contribution >= 0.6 is 0 Å². The second-order valence-electron chi connectivity index (χ2n) is 7.92. The lowest BCUT2D eigenvalue weighted by Crippen LogP contribution is -2.38. The monoisotopic (exact) mass is 369 g/mol. The molecule has 1 saturated carbocycles. The number of hydrogen-bond donors (Lipinski definition) is 0. The number of ether oxygens (including phenoxy) is 2. The fourth-order valence-corrected chi connectivity index (χ4v) is 4.53. The minimum absolute atomic E-state index is 0.101. The second-order valence-corrected chi connectivity index (χ2v) is 7.92. The number of morpholine rings is 1. The predicted octanol–water partition coefficient (Wildman–Crippen LogP) is 4.05. The van der Waals surface area contributed by atoms with Crippen molar-refractivity contribution in [3.63, 3.8) is 0 Å². The molecule has 1 atom stereocenters. The van der Waals surface area contributed by atoms with Gasteiger partial charge in [-0.15, -0.1) is 0 Å². The van der Waals surface area contributed by atoms with Crippen LogP contribution in [0.2, 0.25) is 0 Å². The van der Waals surface area contributed by atoms with E-state index in [-0.39, 0.29) is 6.10 Å². The molecular weight excluding hydrogens is 338 g/mol. The summed E-state index contributed by atoms with van der Waals surface area (Å²) < 4.78 is 13.4. The highest BCUT2D eigenvalue weighted by atomic mass is 16.5. The van der Waals surface area contributed by atoms with Gasteiger partial charge in [-0.1, -0.05) is 31.4 Å². The molecule has 1 aliphatic heterocycles. The Morgan fingerprint density at radius 2 is 2.07 bits per heavy atom. The molecule has 2 aromatic rings. The lowest BCUT2D eigenvalue weighted by atomic mass is 9.85. The maximum Gasteiger partial charge on any atom is 0.119 e. The molecule has 2 aliphatic rings. The standard InChI is InChI=1S/C22H31N3O2/c1-24-14-19(22(23-24)17-7-4-3-5-8-17)15-25-11-12-27-21(16-25)18-9-6-10-20(13-18)26-2/h6,9-10,13-14,17,21H,3-5,7-8,11-12,15-16H2,1-2H3. The van der Waals surface area contributed by atoms with Gasteiger partial charge in [0.2, 0.25) is 0 Å². The van der Waals surface area contributed by atoms with Crippen LogP contribution in [-0.4, -0.2) is 41.5 Å². The van der Waals surface area contributed by atoms with Gasteiger partial charge in [-0.05, 0) is 30.5 Å². The zero-order chi connectivity index (χ0) is 18.6. The molecule has 4 rings (SSSR count). The molecule has 1 aliphatic carbocycles. The molecule has 0 radical (unpaired) electrons. The Balaban J connectivity index is 1.46. The molecular formula is C22H31N3O2. The maximum atomic E-state index is 6.07. The second kappa shape index (κ2) is 8.44. The van der Waals surface area contributed by atoms with E-state index in [4.69, 9.17) is 14.6 Å². The molecule has 1 unspecified atom stereocenters. The van der Waals surface area contributed by atoms with Gasteiger partial charge in [-0.25, -0.2) is 0 Å². The van der Waals surface area contributed by atoms with Crippen molar-refractivity contribution in [2.75, 3.05) is 26.8 Å². The van der Waals surface area contributed by atoms with E-state index >= 15 is 0 Å². The summed E-state index contributed by atoms with van der Waals surface area (Å²) in [6.45, 7) is 3.61. The largest absolute Gasteiger partial charge is 0.497 e. The summed E-state index contributed by atoms with van der Waals surface area (Å²) in [4.78, 5) is 2.51. The summed E-state index contributed by atoms with van der Waals surface area (Å²) in [5.41, 5.74) is 3.93. The first-order chi connectivity index (χ1) is 13.2. The van der Waals surface area contributed by atoms with Crippen LogP contribution in [0, 0.1) is 0 Å². The molecule has 0 amide bonds. The minimum atomic E-state index is 0.101. The van der Waals surface area contributed by atoms with Crippen molar-refractivity contribution in [1.29, 1.82) is 0 Å².